The van der Waals surface area contributed by atoms with Crippen LogP contribution < -0.4 is 0 Å². The van der Waals surface area contributed by atoms with Crippen molar-refractivity contribution in [1.82, 2.24) is 4.90 Å². The van der Waals surface area contributed by atoms with E-state index in [0.29, 0.717) is 11.8 Å². The monoisotopic (exact) mass is 295 g/mol. The lowest BCUT2D eigenvalue weighted by Crippen LogP contribution is -2.38. The molecule has 2 rings (SSSR count). The fraction of sp³-hybridized carbons (Fsp3) is 0.500. The second-order valence-corrected chi connectivity index (χ2v) is 5.68. The van der Waals surface area contributed by atoms with E-state index in [2.05, 4.69) is 4.90 Å². The fourth-order valence-corrected chi connectivity index (χ4v) is 2.91. The molecule has 0 spiro atoms. The Morgan fingerprint density at radius 3 is 2.65 bits per heavy atom. The van der Waals surface area contributed by atoms with Crippen molar-refractivity contribution in [2.24, 2.45) is 0 Å². The molecular formula is C16H22ClNO2. The highest BCUT2D eigenvalue weighted by molar-refractivity contribution is 6.25. The molecule has 0 bridgehead atoms. The van der Waals surface area contributed by atoms with Gasteiger partial charge < -0.3 is 10.2 Å². The third-order valence-electron chi connectivity index (χ3n) is 3.91. The van der Waals surface area contributed by atoms with Gasteiger partial charge in [-0.15, -0.1) is 0 Å². The minimum absolute atomic E-state index is 0.141. The Hall–Kier alpha value is -1.03. The van der Waals surface area contributed by atoms with Crippen LogP contribution in [0.2, 0.25) is 0 Å². The van der Waals surface area contributed by atoms with Crippen molar-refractivity contribution < 1.29 is 10.2 Å². The largest absolute Gasteiger partial charge is 0.508 e. The number of nitrogens with zero attached hydrogens (tertiary/aromatic N) is 1. The molecule has 0 radical (unpaired) electrons. The molecule has 1 aromatic carbocycles. The van der Waals surface area contributed by atoms with Gasteiger partial charge in [0.25, 0.3) is 0 Å². The zero-order valence-corrected chi connectivity index (χ0v) is 12.3. The number of benzene rings is 1. The standard InChI is InChI=1S/C16H22ClNO2/c17-9-2-10-18(14-5-7-15(19)8-6-14)12-13-3-1-4-16(20)11-13/h1-4,9,11,14-15,19-20H,5-8,10,12H2. The Labute approximate surface area is 125 Å². The molecular weight excluding hydrogens is 274 g/mol. The summed E-state index contributed by atoms with van der Waals surface area (Å²) in [5.74, 6) is 0.300. The number of phenols is 1. The van der Waals surface area contributed by atoms with Crippen molar-refractivity contribution in [3.05, 3.63) is 41.4 Å². The zero-order chi connectivity index (χ0) is 14.4. The van der Waals surface area contributed by atoms with Gasteiger partial charge in [0.1, 0.15) is 5.75 Å². The summed E-state index contributed by atoms with van der Waals surface area (Å²) in [6.07, 6.45) is 5.55. The number of rotatable bonds is 5. The highest BCUT2D eigenvalue weighted by Crippen LogP contribution is 2.25. The summed E-state index contributed by atoms with van der Waals surface area (Å²) in [7, 11) is 0. The molecule has 3 nitrogen and oxygen atoms in total. The molecule has 0 aliphatic heterocycles. The first-order valence-electron chi connectivity index (χ1n) is 7.14. The van der Waals surface area contributed by atoms with Crippen LogP contribution in [0.4, 0.5) is 0 Å². The lowest BCUT2D eigenvalue weighted by molar-refractivity contribution is 0.0756. The van der Waals surface area contributed by atoms with E-state index in [9.17, 15) is 10.2 Å². The Morgan fingerprint density at radius 2 is 2.00 bits per heavy atom. The van der Waals surface area contributed by atoms with E-state index in [1.807, 2.05) is 18.2 Å². The van der Waals surface area contributed by atoms with E-state index < -0.39 is 0 Å². The van der Waals surface area contributed by atoms with Crippen molar-refractivity contribution in [3.63, 3.8) is 0 Å². The Morgan fingerprint density at radius 1 is 1.25 bits per heavy atom. The molecule has 1 aliphatic rings. The lowest BCUT2D eigenvalue weighted by atomic mass is 9.91. The van der Waals surface area contributed by atoms with Gasteiger partial charge in [0, 0.05) is 24.7 Å². The van der Waals surface area contributed by atoms with Gasteiger partial charge in [-0.2, -0.15) is 0 Å². The average molecular weight is 296 g/mol. The van der Waals surface area contributed by atoms with Gasteiger partial charge in [-0.3, -0.25) is 4.90 Å². The fourth-order valence-electron chi connectivity index (χ4n) is 2.83. The first-order valence-corrected chi connectivity index (χ1v) is 7.58. The Bertz CT molecular complexity index is 442. The van der Waals surface area contributed by atoms with Gasteiger partial charge in [-0.25, -0.2) is 0 Å². The van der Waals surface area contributed by atoms with E-state index >= 15 is 0 Å². The molecule has 1 aromatic rings. The summed E-state index contributed by atoms with van der Waals surface area (Å²) >= 11 is 5.65. The number of hydrogen-bond acceptors (Lipinski definition) is 3. The van der Waals surface area contributed by atoms with Crippen LogP contribution in [0.3, 0.4) is 0 Å². The summed E-state index contributed by atoms with van der Waals surface area (Å²) < 4.78 is 0. The number of aliphatic hydroxyl groups excluding tert-OH is 1. The van der Waals surface area contributed by atoms with Gasteiger partial charge >= 0.3 is 0 Å². The minimum Gasteiger partial charge on any atom is -0.508 e. The van der Waals surface area contributed by atoms with E-state index in [-0.39, 0.29) is 6.10 Å². The molecule has 0 heterocycles. The van der Waals surface area contributed by atoms with Crippen LogP contribution >= 0.6 is 11.6 Å². The van der Waals surface area contributed by atoms with Crippen molar-refractivity contribution in [1.29, 1.82) is 0 Å². The second kappa shape index (κ2) is 7.67. The smallest absolute Gasteiger partial charge is 0.115 e. The normalized spacial score (nSPS) is 23.6. The van der Waals surface area contributed by atoms with Crippen molar-refractivity contribution >= 4 is 11.6 Å². The van der Waals surface area contributed by atoms with Crippen LogP contribution in [0, 0.1) is 0 Å². The van der Waals surface area contributed by atoms with Crippen LogP contribution in [0.15, 0.2) is 35.9 Å². The summed E-state index contributed by atoms with van der Waals surface area (Å²) in [6.45, 7) is 1.58. The maximum atomic E-state index is 9.62. The molecule has 0 aromatic heterocycles. The van der Waals surface area contributed by atoms with E-state index in [4.69, 9.17) is 11.6 Å². The number of phenolic OH excluding ortho intramolecular Hbond substituents is 1. The van der Waals surface area contributed by atoms with Crippen molar-refractivity contribution in [2.45, 2.75) is 44.4 Å². The number of hydrogen-bond donors (Lipinski definition) is 2. The number of aliphatic hydroxyl groups is 1. The first-order chi connectivity index (χ1) is 9.69. The summed E-state index contributed by atoms with van der Waals surface area (Å²) in [5.41, 5.74) is 2.65. The van der Waals surface area contributed by atoms with Gasteiger partial charge in [-0.05, 0) is 43.4 Å². The van der Waals surface area contributed by atoms with Crippen LogP contribution in [0.1, 0.15) is 31.2 Å². The third-order valence-corrected chi connectivity index (χ3v) is 4.09. The quantitative estimate of drug-likeness (QED) is 0.876. The van der Waals surface area contributed by atoms with Crippen molar-refractivity contribution in [3.8, 4) is 5.75 Å². The predicted octanol–water partition coefficient (Wildman–Crippen LogP) is 3.25. The number of halogens is 1. The molecule has 2 N–H and O–H groups in total. The molecule has 1 aliphatic carbocycles. The summed E-state index contributed by atoms with van der Waals surface area (Å²) in [4.78, 5) is 2.36. The molecule has 1 fully saturated rings. The minimum atomic E-state index is -0.141. The van der Waals surface area contributed by atoms with Crippen LogP contribution in [0.5, 0.6) is 5.75 Å². The Kier molecular flexibility index (Phi) is 5.89. The molecule has 0 atom stereocenters. The second-order valence-electron chi connectivity index (χ2n) is 5.42. The van der Waals surface area contributed by atoms with E-state index in [1.165, 1.54) is 0 Å². The Balaban J connectivity index is 2.03. The summed E-state index contributed by atoms with van der Waals surface area (Å²) in [5, 5.41) is 19.2. The molecule has 0 unspecified atom stereocenters. The van der Waals surface area contributed by atoms with Gasteiger partial charge in [-0.1, -0.05) is 29.8 Å². The first kappa shape index (κ1) is 15.4. The maximum Gasteiger partial charge on any atom is 0.115 e. The molecule has 20 heavy (non-hydrogen) atoms. The average Bonchev–Trinajstić information content (AvgIpc) is 2.44. The van der Waals surface area contributed by atoms with Crippen molar-refractivity contribution in [2.75, 3.05) is 6.54 Å². The predicted molar refractivity (Wildman–Crippen MR) is 81.8 cm³/mol. The maximum absolute atomic E-state index is 9.62. The van der Waals surface area contributed by atoms with Gasteiger partial charge in [0.2, 0.25) is 0 Å². The molecule has 110 valence electrons. The van der Waals surface area contributed by atoms with Crippen LogP contribution in [-0.2, 0) is 6.54 Å². The third kappa shape index (κ3) is 4.51. The van der Waals surface area contributed by atoms with Gasteiger partial charge in [0.15, 0.2) is 0 Å². The zero-order valence-electron chi connectivity index (χ0n) is 11.6. The van der Waals surface area contributed by atoms with E-state index in [0.717, 1.165) is 44.3 Å². The topological polar surface area (TPSA) is 43.7 Å². The highest BCUT2D eigenvalue weighted by Gasteiger charge is 2.24. The summed E-state index contributed by atoms with van der Waals surface area (Å²) in [6, 6.07) is 7.84. The molecule has 0 amide bonds. The highest BCUT2D eigenvalue weighted by atomic mass is 35.5. The molecule has 0 saturated heterocycles. The van der Waals surface area contributed by atoms with Crippen LogP contribution in [0.25, 0.3) is 0 Å². The van der Waals surface area contributed by atoms with Gasteiger partial charge in [0.05, 0.1) is 6.10 Å². The molecule has 1 saturated carbocycles. The van der Waals surface area contributed by atoms with E-state index in [1.54, 1.807) is 17.7 Å². The molecule has 4 heteroatoms. The lowest BCUT2D eigenvalue weighted by Gasteiger charge is -2.35. The number of aromatic hydroxyl groups is 1. The SMILES string of the molecule is Oc1cccc(CN(CC=CCl)C2CCC(O)CC2)c1. The van der Waals surface area contributed by atoms with Crippen LogP contribution in [-0.4, -0.2) is 33.8 Å².